The van der Waals surface area contributed by atoms with Gasteiger partial charge in [-0.3, -0.25) is 0 Å². The zero-order valence-corrected chi connectivity index (χ0v) is 17.9. The maximum absolute atomic E-state index is 12.8. The summed E-state index contributed by atoms with van der Waals surface area (Å²) in [4.78, 5) is 0. The summed E-state index contributed by atoms with van der Waals surface area (Å²) in [6, 6.07) is 16.6. The molecule has 27 heavy (non-hydrogen) atoms. The molecular formula is C21H21FN3OY-. The molecule has 2 aliphatic rings. The van der Waals surface area contributed by atoms with Gasteiger partial charge in [0.2, 0.25) is 0 Å². The fourth-order valence-corrected chi connectivity index (χ4v) is 3.14. The molecule has 1 N–H and O–H groups in total. The number of fused-ring (bicyclic) bond motifs is 1. The number of hydrogen-bond acceptors (Lipinski definition) is 3. The zero-order valence-electron chi connectivity index (χ0n) is 15.1. The predicted octanol–water partition coefficient (Wildman–Crippen LogP) is 4.66. The van der Waals surface area contributed by atoms with Crippen LogP contribution in [0.15, 0.2) is 54.1 Å². The van der Waals surface area contributed by atoms with E-state index in [1.807, 2.05) is 0 Å². The van der Waals surface area contributed by atoms with E-state index in [-0.39, 0.29) is 38.5 Å². The number of nitrogens with zero attached hydrogens (tertiary/aromatic N) is 3. The van der Waals surface area contributed by atoms with Crippen molar-refractivity contribution in [3.8, 4) is 6.07 Å². The van der Waals surface area contributed by atoms with Crippen molar-refractivity contribution in [3.05, 3.63) is 81.9 Å². The summed E-state index contributed by atoms with van der Waals surface area (Å²) >= 11 is 0. The van der Waals surface area contributed by atoms with Crippen molar-refractivity contribution in [1.29, 1.82) is 5.26 Å². The number of rotatable bonds is 1. The Bertz CT molecular complexity index is 797. The SMILES string of the molecule is N#CC(=C1CCN(O)CC1)c1ccc(F)cc1.[Y].c1ccc2c(c1)C[N-]C2. The van der Waals surface area contributed by atoms with Crippen LogP contribution >= 0.6 is 0 Å². The third-order valence-electron chi connectivity index (χ3n) is 4.62. The summed E-state index contributed by atoms with van der Waals surface area (Å²) in [6.07, 6.45) is 1.35. The van der Waals surface area contributed by atoms with Crippen LogP contribution in [0.2, 0.25) is 0 Å². The van der Waals surface area contributed by atoms with Crippen LogP contribution in [0.1, 0.15) is 29.5 Å². The predicted molar refractivity (Wildman–Crippen MR) is 98.7 cm³/mol. The molecule has 4 nitrogen and oxygen atoms in total. The Balaban J connectivity index is 0.000000220. The fourth-order valence-electron chi connectivity index (χ4n) is 3.14. The molecule has 1 fully saturated rings. The summed E-state index contributed by atoms with van der Waals surface area (Å²) < 4.78 is 12.8. The van der Waals surface area contributed by atoms with Crippen LogP contribution in [0, 0.1) is 17.1 Å². The number of allylic oxidation sites excluding steroid dienone is 1. The van der Waals surface area contributed by atoms with Gasteiger partial charge in [-0.15, -0.1) is 13.1 Å². The number of halogens is 1. The van der Waals surface area contributed by atoms with Crippen LogP contribution in [0.3, 0.4) is 0 Å². The first-order valence-corrected chi connectivity index (χ1v) is 8.69. The standard InChI is InChI=1S/C13H13FN2O.C8H8N.Y/c14-12-3-1-10(2-4-12)13(9-15)11-5-7-16(17)8-6-11;1-2-4-8-6-9-5-7(8)3-1;/h1-4,17H,5-8H2;1-4H,5-6H2;/q;-1;. The van der Waals surface area contributed by atoms with E-state index >= 15 is 0 Å². The quantitative estimate of drug-likeness (QED) is 0.658. The van der Waals surface area contributed by atoms with Crippen molar-refractivity contribution in [1.82, 2.24) is 5.06 Å². The van der Waals surface area contributed by atoms with Gasteiger partial charge in [0.1, 0.15) is 5.82 Å². The molecule has 0 atom stereocenters. The molecule has 0 bridgehead atoms. The maximum Gasteiger partial charge on any atom is 0.123 e. The number of benzene rings is 2. The summed E-state index contributed by atoms with van der Waals surface area (Å²) in [7, 11) is 0. The average Bonchev–Trinajstić information content (AvgIpc) is 3.15. The number of nitriles is 1. The second-order valence-corrected chi connectivity index (χ2v) is 6.36. The molecule has 2 aliphatic heterocycles. The Kier molecular flexibility index (Phi) is 8.75. The first-order chi connectivity index (χ1) is 12.7. The van der Waals surface area contributed by atoms with E-state index < -0.39 is 0 Å². The average molecular weight is 439 g/mol. The van der Waals surface area contributed by atoms with Crippen molar-refractivity contribution in [2.24, 2.45) is 0 Å². The molecule has 0 spiro atoms. The van der Waals surface area contributed by atoms with Gasteiger partial charge in [-0.05, 0) is 36.1 Å². The van der Waals surface area contributed by atoms with Crippen molar-refractivity contribution in [2.75, 3.05) is 13.1 Å². The van der Waals surface area contributed by atoms with E-state index in [1.54, 1.807) is 12.1 Å². The molecular weight excluding hydrogens is 418 g/mol. The molecule has 2 heterocycles. The van der Waals surface area contributed by atoms with E-state index in [0.717, 1.165) is 24.2 Å². The summed E-state index contributed by atoms with van der Waals surface area (Å²) in [5.74, 6) is -0.304. The summed E-state index contributed by atoms with van der Waals surface area (Å²) in [5.41, 5.74) is 5.19. The van der Waals surface area contributed by atoms with E-state index in [2.05, 4.69) is 35.7 Å². The molecule has 0 amide bonds. The number of piperidine rings is 1. The third-order valence-corrected chi connectivity index (χ3v) is 4.62. The van der Waals surface area contributed by atoms with Gasteiger partial charge in [-0.25, -0.2) is 4.39 Å². The smallest absolute Gasteiger partial charge is 0.123 e. The molecule has 0 saturated carbocycles. The molecule has 0 aromatic heterocycles. The minimum absolute atomic E-state index is 0. The minimum atomic E-state index is -0.304. The van der Waals surface area contributed by atoms with E-state index in [4.69, 9.17) is 0 Å². The number of hydroxylamine groups is 2. The summed E-state index contributed by atoms with van der Waals surface area (Å²) in [6.45, 7) is 2.94. The zero-order chi connectivity index (χ0) is 18.4. The second-order valence-electron chi connectivity index (χ2n) is 6.36. The van der Waals surface area contributed by atoms with Gasteiger partial charge in [-0.2, -0.15) is 10.3 Å². The molecule has 1 saturated heterocycles. The van der Waals surface area contributed by atoms with Gasteiger partial charge in [0, 0.05) is 45.8 Å². The Hall–Kier alpha value is -1.42. The van der Waals surface area contributed by atoms with Crippen LogP contribution in [-0.2, 0) is 45.8 Å². The Labute approximate surface area is 184 Å². The molecule has 4 rings (SSSR count). The second kappa shape index (κ2) is 10.8. The van der Waals surface area contributed by atoms with Gasteiger partial charge in [0.05, 0.1) is 11.6 Å². The van der Waals surface area contributed by atoms with Crippen LogP contribution in [0.25, 0.3) is 10.9 Å². The molecule has 0 aliphatic carbocycles. The molecule has 1 radical (unpaired) electrons. The van der Waals surface area contributed by atoms with Crippen molar-refractivity contribution in [2.45, 2.75) is 25.9 Å². The monoisotopic (exact) mass is 439 g/mol. The van der Waals surface area contributed by atoms with Crippen LogP contribution in [-0.4, -0.2) is 23.4 Å². The molecule has 2 aromatic carbocycles. The fraction of sp³-hybridized carbons (Fsp3) is 0.286. The minimum Gasteiger partial charge on any atom is -0.655 e. The maximum atomic E-state index is 12.8. The summed E-state index contributed by atoms with van der Waals surface area (Å²) in [5, 5.41) is 24.0. The molecule has 2 aromatic rings. The normalized spacial score (nSPS) is 15.7. The molecule has 137 valence electrons. The Morgan fingerprint density at radius 1 is 1.00 bits per heavy atom. The first-order valence-electron chi connectivity index (χ1n) is 8.69. The van der Waals surface area contributed by atoms with Crippen LogP contribution < -0.4 is 0 Å². The van der Waals surface area contributed by atoms with Gasteiger partial charge >= 0.3 is 0 Å². The third kappa shape index (κ3) is 6.03. The van der Waals surface area contributed by atoms with E-state index in [0.29, 0.717) is 31.5 Å². The number of hydrogen-bond donors (Lipinski definition) is 1. The van der Waals surface area contributed by atoms with Gasteiger partial charge < -0.3 is 10.5 Å². The first kappa shape index (κ1) is 21.9. The van der Waals surface area contributed by atoms with Gasteiger partial charge in [0.25, 0.3) is 0 Å². The van der Waals surface area contributed by atoms with Gasteiger partial charge in [-0.1, -0.05) is 47.5 Å². The Morgan fingerprint density at radius 2 is 1.56 bits per heavy atom. The molecule has 6 heteroatoms. The topological polar surface area (TPSA) is 61.4 Å². The molecule has 0 unspecified atom stereocenters. The Morgan fingerprint density at radius 3 is 2.07 bits per heavy atom. The van der Waals surface area contributed by atoms with Crippen LogP contribution in [0.5, 0.6) is 0 Å². The van der Waals surface area contributed by atoms with Crippen molar-refractivity contribution < 1.29 is 42.3 Å². The largest absolute Gasteiger partial charge is 0.655 e. The van der Waals surface area contributed by atoms with Gasteiger partial charge in [0.15, 0.2) is 0 Å². The van der Waals surface area contributed by atoms with E-state index in [9.17, 15) is 14.9 Å². The van der Waals surface area contributed by atoms with Crippen molar-refractivity contribution >= 4 is 5.57 Å². The van der Waals surface area contributed by atoms with E-state index in [1.165, 1.54) is 28.3 Å². The van der Waals surface area contributed by atoms with Crippen LogP contribution in [0.4, 0.5) is 4.39 Å². The van der Waals surface area contributed by atoms with Crippen molar-refractivity contribution in [3.63, 3.8) is 0 Å².